The van der Waals surface area contributed by atoms with E-state index >= 15 is 0 Å². The summed E-state index contributed by atoms with van der Waals surface area (Å²) in [5.74, 6) is 0.851. The fourth-order valence-corrected chi connectivity index (χ4v) is 2.78. The molecule has 0 spiro atoms. The fourth-order valence-electron chi connectivity index (χ4n) is 2.48. The van der Waals surface area contributed by atoms with Gasteiger partial charge in [0, 0.05) is 12.6 Å². The van der Waals surface area contributed by atoms with Crippen molar-refractivity contribution in [1.82, 2.24) is 14.5 Å². The molecule has 1 N–H and O–H groups in total. The van der Waals surface area contributed by atoms with Crippen molar-refractivity contribution in [2.45, 2.75) is 26.8 Å². The zero-order valence-electron chi connectivity index (χ0n) is 12.5. The summed E-state index contributed by atoms with van der Waals surface area (Å²) in [4.78, 5) is 5.68. The summed E-state index contributed by atoms with van der Waals surface area (Å²) in [6.07, 6.45) is 1.11. The number of aromatic amines is 1. The largest absolute Gasteiger partial charge is 0.497 e. The van der Waals surface area contributed by atoms with Crippen LogP contribution in [0.25, 0.3) is 11.0 Å². The quantitative estimate of drug-likeness (QED) is 0.794. The van der Waals surface area contributed by atoms with Gasteiger partial charge in [0.05, 0.1) is 18.1 Å². The van der Waals surface area contributed by atoms with Gasteiger partial charge in [-0.15, -0.1) is 0 Å². The van der Waals surface area contributed by atoms with Gasteiger partial charge in [-0.2, -0.15) is 0 Å². The Hall–Kier alpha value is -1.33. The molecule has 0 aliphatic carbocycles. The Morgan fingerprint density at radius 2 is 2.05 bits per heavy atom. The number of benzene rings is 1. The number of hydrogen-bond acceptors (Lipinski definition) is 3. The summed E-state index contributed by atoms with van der Waals surface area (Å²) in [6.45, 7) is 8.67. The summed E-state index contributed by atoms with van der Waals surface area (Å²) < 4.78 is 8.20. The SMILES string of the molecule is CCN(CC)CCCn1c(=S)[nH]c2cc(OC)ccc21. The molecule has 4 nitrogen and oxygen atoms in total. The lowest BCUT2D eigenvalue weighted by atomic mass is 10.3. The van der Waals surface area contributed by atoms with E-state index in [0.29, 0.717) is 0 Å². The standard InChI is InChI=1S/C15H23N3OS/c1-4-17(5-2)9-6-10-18-14-8-7-12(19-3)11-13(14)16-15(18)20/h7-8,11H,4-6,9-10H2,1-3H3,(H,16,20). The molecule has 0 aliphatic heterocycles. The monoisotopic (exact) mass is 293 g/mol. The molecule has 1 heterocycles. The molecular formula is C15H23N3OS. The third kappa shape index (κ3) is 3.22. The van der Waals surface area contributed by atoms with Crippen LogP contribution in [0.4, 0.5) is 0 Å². The second kappa shape index (κ2) is 6.90. The summed E-state index contributed by atoms with van der Waals surface area (Å²) in [7, 11) is 1.68. The van der Waals surface area contributed by atoms with Gasteiger partial charge >= 0.3 is 0 Å². The van der Waals surface area contributed by atoms with Gasteiger partial charge in [0.15, 0.2) is 4.77 Å². The Labute approximate surface area is 125 Å². The molecule has 0 aliphatic rings. The highest BCUT2D eigenvalue weighted by Gasteiger charge is 2.06. The van der Waals surface area contributed by atoms with Gasteiger partial charge in [0.25, 0.3) is 0 Å². The minimum absolute atomic E-state index is 0.785. The normalized spacial score (nSPS) is 11.4. The molecule has 1 aromatic heterocycles. The van der Waals surface area contributed by atoms with E-state index in [1.54, 1.807) is 7.11 Å². The van der Waals surface area contributed by atoms with Crippen LogP contribution in [0.5, 0.6) is 5.75 Å². The van der Waals surface area contributed by atoms with Gasteiger partial charge in [-0.05, 0) is 50.4 Å². The van der Waals surface area contributed by atoms with Crippen LogP contribution in [0.3, 0.4) is 0 Å². The molecule has 0 radical (unpaired) electrons. The maximum absolute atomic E-state index is 5.42. The van der Waals surface area contributed by atoms with E-state index in [1.165, 1.54) is 0 Å². The molecule has 0 saturated carbocycles. The molecule has 2 rings (SSSR count). The molecule has 5 heteroatoms. The highest BCUT2D eigenvalue weighted by atomic mass is 32.1. The number of aromatic nitrogens is 2. The Kier molecular flexibility index (Phi) is 5.20. The minimum atomic E-state index is 0.785. The van der Waals surface area contributed by atoms with Crippen molar-refractivity contribution in [3.8, 4) is 5.75 Å². The zero-order valence-corrected chi connectivity index (χ0v) is 13.3. The Morgan fingerprint density at radius 1 is 1.30 bits per heavy atom. The van der Waals surface area contributed by atoms with Crippen molar-refractivity contribution in [1.29, 1.82) is 0 Å². The van der Waals surface area contributed by atoms with Crippen LogP contribution in [-0.2, 0) is 6.54 Å². The predicted octanol–water partition coefficient (Wildman–Crippen LogP) is 3.44. The number of methoxy groups -OCH3 is 1. The summed E-state index contributed by atoms with van der Waals surface area (Å²) in [5.41, 5.74) is 2.19. The third-order valence-electron chi connectivity index (χ3n) is 3.73. The molecule has 0 unspecified atom stereocenters. The topological polar surface area (TPSA) is 33.2 Å². The van der Waals surface area contributed by atoms with Crippen LogP contribution >= 0.6 is 12.2 Å². The first-order valence-electron chi connectivity index (χ1n) is 7.18. The van der Waals surface area contributed by atoms with Gasteiger partial charge in [0.2, 0.25) is 0 Å². The molecule has 0 saturated heterocycles. The highest BCUT2D eigenvalue weighted by Crippen LogP contribution is 2.20. The zero-order chi connectivity index (χ0) is 14.5. The Morgan fingerprint density at radius 3 is 2.70 bits per heavy atom. The third-order valence-corrected chi connectivity index (χ3v) is 4.05. The predicted molar refractivity (Wildman–Crippen MR) is 86.1 cm³/mol. The van der Waals surface area contributed by atoms with Crippen LogP contribution in [0.1, 0.15) is 20.3 Å². The molecule has 2 aromatic rings. The molecule has 110 valence electrons. The smallest absolute Gasteiger partial charge is 0.178 e. The first kappa shape index (κ1) is 15.1. The number of H-pyrrole nitrogens is 1. The Balaban J connectivity index is 2.14. The maximum Gasteiger partial charge on any atom is 0.178 e. The van der Waals surface area contributed by atoms with Crippen molar-refractivity contribution in [3.63, 3.8) is 0 Å². The van der Waals surface area contributed by atoms with E-state index in [4.69, 9.17) is 17.0 Å². The maximum atomic E-state index is 5.42. The van der Waals surface area contributed by atoms with Crippen molar-refractivity contribution >= 4 is 23.3 Å². The van der Waals surface area contributed by atoms with Gasteiger partial charge in [-0.1, -0.05) is 13.8 Å². The number of ether oxygens (including phenoxy) is 1. The van der Waals surface area contributed by atoms with Crippen molar-refractivity contribution in [2.75, 3.05) is 26.7 Å². The van der Waals surface area contributed by atoms with E-state index in [9.17, 15) is 0 Å². The molecule has 20 heavy (non-hydrogen) atoms. The van der Waals surface area contributed by atoms with Crippen molar-refractivity contribution < 1.29 is 4.74 Å². The number of fused-ring (bicyclic) bond motifs is 1. The average molecular weight is 293 g/mol. The van der Waals surface area contributed by atoms with Crippen molar-refractivity contribution in [3.05, 3.63) is 23.0 Å². The summed E-state index contributed by atoms with van der Waals surface area (Å²) >= 11 is 5.42. The van der Waals surface area contributed by atoms with Crippen LogP contribution in [0.15, 0.2) is 18.2 Å². The van der Waals surface area contributed by atoms with E-state index in [0.717, 1.165) is 54.2 Å². The van der Waals surface area contributed by atoms with E-state index < -0.39 is 0 Å². The minimum Gasteiger partial charge on any atom is -0.497 e. The molecule has 0 amide bonds. The highest BCUT2D eigenvalue weighted by molar-refractivity contribution is 7.71. The average Bonchev–Trinajstić information content (AvgIpc) is 2.78. The number of aryl methyl sites for hydroxylation is 1. The molecular weight excluding hydrogens is 270 g/mol. The number of imidazole rings is 1. The van der Waals surface area contributed by atoms with E-state index in [-0.39, 0.29) is 0 Å². The number of nitrogens with one attached hydrogen (secondary N) is 1. The van der Waals surface area contributed by atoms with Gasteiger partial charge < -0.3 is 19.2 Å². The molecule has 0 bridgehead atoms. The van der Waals surface area contributed by atoms with Crippen LogP contribution in [-0.4, -0.2) is 41.2 Å². The first-order chi connectivity index (χ1) is 9.69. The number of hydrogen-bond donors (Lipinski definition) is 1. The van der Waals surface area contributed by atoms with Gasteiger partial charge in [0.1, 0.15) is 5.75 Å². The summed E-state index contributed by atoms with van der Waals surface area (Å²) in [6, 6.07) is 6.04. The first-order valence-corrected chi connectivity index (χ1v) is 7.59. The molecule has 0 atom stereocenters. The van der Waals surface area contributed by atoms with E-state index in [1.807, 2.05) is 12.1 Å². The second-order valence-corrected chi connectivity index (χ2v) is 5.23. The second-order valence-electron chi connectivity index (χ2n) is 4.85. The lowest BCUT2D eigenvalue weighted by molar-refractivity contribution is 0.293. The van der Waals surface area contributed by atoms with Crippen LogP contribution < -0.4 is 4.74 Å². The van der Waals surface area contributed by atoms with Crippen LogP contribution in [0.2, 0.25) is 0 Å². The van der Waals surface area contributed by atoms with Gasteiger partial charge in [-0.25, -0.2) is 0 Å². The number of nitrogens with zero attached hydrogens (tertiary/aromatic N) is 2. The van der Waals surface area contributed by atoms with E-state index in [2.05, 4.69) is 34.4 Å². The summed E-state index contributed by atoms with van der Waals surface area (Å²) in [5, 5.41) is 0. The van der Waals surface area contributed by atoms with Crippen molar-refractivity contribution in [2.24, 2.45) is 0 Å². The number of rotatable bonds is 7. The molecule has 1 aromatic carbocycles. The lowest BCUT2D eigenvalue weighted by Crippen LogP contribution is -2.24. The molecule has 0 fully saturated rings. The lowest BCUT2D eigenvalue weighted by Gasteiger charge is -2.17. The van der Waals surface area contributed by atoms with Gasteiger partial charge in [-0.3, -0.25) is 0 Å². The fraction of sp³-hybridized carbons (Fsp3) is 0.533. The Bertz CT molecular complexity index is 613. The van der Waals surface area contributed by atoms with Crippen LogP contribution in [0, 0.1) is 4.77 Å².